The summed E-state index contributed by atoms with van der Waals surface area (Å²) in [5.41, 5.74) is 0.593. The fourth-order valence-corrected chi connectivity index (χ4v) is 1.19. The van der Waals surface area contributed by atoms with Crippen LogP contribution in [0, 0.1) is 0 Å². The molecule has 0 saturated heterocycles. The number of nitrogens with zero attached hydrogens (tertiary/aromatic N) is 2. The van der Waals surface area contributed by atoms with E-state index in [0.29, 0.717) is 17.4 Å². The Morgan fingerprint density at radius 2 is 1.65 bits per heavy atom. The average molecular weight is 277 g/mol. The highest BCUT2D eigenvalue weighted by Gasteiger charge is 1.95. The average Bonchev–Trinajstić information content (AvgIpc) is 2.48. The van der Waals surface area contributed by atoms with Gasteiger partial charge in [-0.1, -0.05) is 18.2 Å². The van der Waals surface area contributed by atoms with Crippen LogP contribution in [0.5, 0.6) is 11.8 Å². The first-order valence-electron chi connectivity index (χ1n) is 5.60. The van der Waals surface area contributed by atoms with Crippen molar-refractivity contribution in [3.05, 3.63) is 42.7 Å². The van der Waals surface area contributed by atoms with Gasteiger partial charge < -0.3 is 14.6 Å². The topological polar surface area (TPSA) is 93.6 Å². The van der Waals surface area contributed by atoms with Crippen molar-refractivity contribution in [1.82, 2.24) is 9.97 Å². The lowest BCUT2D eigenvalue weighted by Crippen LogP contribution is -2.06. The summed E-state index contributed by atoms with van der Waals surface area (Å²) >= 11 is 0. The quantitative estimate of drug-likeness (QED) is 0.893. The van der Waals surface area contributed by atoms with Crippen LogP contribution in [0.2, 0.25) is 0 Å². The van der Waals surface area contributed by atoms with E-state index in [4.69, 9.17) is 14.6 Å². The van der Waals surface area contributed by atoms with Crippen LogP contribution in [0.4, 0.5) is 10.5 Å². The summed E-state index contributed by atoms with van der Waals surface area (Å²) in [4.78, 5) is 17.6. The standard InChI is InChI=1S/C7H7NO2.C6H8N2O2/c9-7(10)8-6-4-2-1-3-5-6;1-9-5-3-6(10-2)8-4-7-5/h1-5,8H,(H,9,10);3-4H,1-2H3. The normalized spacial score (nSPS) is 8.90. The summed E-state index contributed by atoms with van der Waals surface area (Å²) in [5, 5.41) is 10.5. The van der Waals surface area contributed by atoms with E-state index in [1.165, 1.54) is 6.33 Å². The molecule has 0 aliphatic rings. The summed E-state index contributed by atoms with van der Waals surface area (Å²) in [7, 11) is 3.09. The number of hydrogen-bond donors (Lipinski definition) is 2. The van der Waals surface area contributed by atoms with Gasteiger partial charge in [0.05, 0.1) is 20.3 Å². The van der Waals surface area contributed by atoms with Crippen molar-refractivity contribution in [2.45, 2.75) is 0 Å². The molecule has 106 valence electrons. The lowest BCUT2D eigenvalue weighted by Gasteiger charge is -1.99. The van der Waals surface area contributed by atoms with Gasteiger partial charge in [0.15, 0.2) is 0 Å². The minimum atomic E-state index is -1.04. The molecule has 1 heterocycles. The maximum Gasteiger partial charge on any atom is 0.409 e. The Morgan fingerprint density at radius 3 is 2.10 bits per heavy atom. The second-order valence-electron chi connectivity index (χ2n) is 3.40. The highest BCUT2D eigenvalue weighted by molar-refractivity contribution is 5.82. The molecule has 0 spiro atoms. The zero-order valence-corrected chi connectivity index (χ0v) is 11.1. The highest BCUT2D eigenvalue weighted by atomic mass is 16.5. The molecule has 2 N–H and O–H groups in total. The number of rotatable bonds is 3. The van der Waals surface area contributed by atoms with E-state index in [9.17, 15) is 4.79 Å². The zero-order valence-electron chi connectivity index (χ0n) is 11.1. The molecule has 0 unspecified atom stereocenters. The SMILES string of the molecule is COc1cc(OC)ncn1.O=C(O)Nc1ccccc1. The van der Waals surface area contributed by atoms with Crippen molar-refractivity contribution in [1.29, 1.82) is 0 Å². The minimum Gasteiger partial charge on any atom is -0.481 e. The van der Waals surface area contributed by atoms with Gasteiger partial charge in [-0.2, -0.15) is 0 Å². The van der Waals surface area contributed by atoms with E-state index in [2.05, 4.69) is 15.3 Å². The Balaban J connectivity index is 0.000000200. The molecule has 0 aliphatic heterocycles. The Labute approximate surface area is 116 Å². The van der Waals surface area contributed by atoms with E-state index in [1.807, 2.05) is 6.07 Å². The summed E-state index contributed by atoms with van der Waals surface area (Å²) in [5.74, 6) is 1.01. The van der Waals surface area contributed by atoms with Gasteiger partial charge in [0.2, 0.25) is 11.8 Å². The van der Waals surface area contributed by atoms with Crippen molar-refractivity contribution >= 4 is 11.8 Å². The summed E-state index contributed by atoms with van der Waals surface area (Å²) < 4.78 is 9.65. The van der Waals surface area contributed by atoms with Crippen molar-refractivity contribution < 1.29 is 19.4 Å². The molecule has 2 rings (SSSR count). The zero-order chi connectivity index (χ0) is 14.8. The maximum atomic E-state index is 10.1. The maximum absolute atomic E-state index is 10.1. The fraction of sp³-hybridized carbons (Fsp3) is 0.154. The van der Waals surface area contributed by atoms with Crippen LogP contribution in [0.1, 0.15) is 0 Å². The van der Waals surface area contributed by atoms with Crippen molar-refractivity contribution in [3.8, 4) is 11.8 Å². The molecule has 20 heavy (non-hydrogen) atoms. The second kappa shape index (κ2) is 8.30. The third kappa shape index (κ3) is 5.67. The van der Waals surface area contributed by atoms with Gasteiger partial charge in [0.1, 0.15) is 6.33 Å². The molecule has 1 amide bonds. The largest absolute Gasteiger partial charge is 0.481 e. The molecule has 1 aromatic carbocycles. The van der Waals surface area contributed by atoms with Gasteiger partial charge in [-0.25, -0.2) is 14.8 Å². The number of anilines is 1. The van der Waals surface area contributed by atoms with Crippen LogP contribution in [0.3, 0.4) is 0 Å². The summed E-state index contributed by atoms with van der Waals surface area (Å²) in [6.07, 6.45) is 0.351. The van der Waals surface area contributed by atoms with Gasteiger partial charge in [-0.05, 0) is 12.1 Å². The van der Waals surface area contributed by atoms with E-state index < -0.39 is 6.09 Å². The smallest absolute Gasteiger partial charge is 0.409 e. The molecule has 2 aromatic rings. The number of methoxy groups -OCH3 is 2. The van der Waals surface area contributed by atoms with E-state index >= 15 is 0 Å². The first-order valence-corrected chi connectivity index (χ1v) is 5.60. The van der Waals surface area contributed by atoms with Crippen LogP contribution >= 0.6 is 0 Å². The molecule has 1 aromatic heterocycles. The van der Waals surface area contributed by atoms with Gasteiger partial charge >= 0.3 is 6.09 Å². The third-order valence-electron chi connectivity index (χ3n) is 2.06. The van der Waals surface area contributed by atoms with Gasteiger partial charge in [-0.15, -0.1) is 0 Å². The van der Waals surface area contributed by atoms with Gasteiger partial charge in [0, 0.05) is 5.69 Å². The van der Waals surface area contributed by atoms with Gasteiger partial charge in [-0.3, -0.25) is 5.32 Å². The van der Waals surface area contributed by atoms with E-state index in [-0.39, 0.29) is 0 Å². The number of ether oxygens (including phenoxy) is 2. The van der Waals surface area contributed by atoms with Gasteiger partial charge in [0.25, 0.3) is 0 Å². The van der Waals surface area contributed by atoms with E-state index in [1.54, 1.807) is 44.6 Å². The molecule has 0 aliphatic carbocycles. The molecule has 0 bridgehead atoms. The lowest BCUT2D eigenvalue weighted by molar-refractivity contribution is 0.210. The first kappa shape index (κ1) is 15.2. The van der Waals surface area contributed by atoms with Crippen LogP contribution in [0.25, 0.3) is 0 Å². The molecule has 0 atom stereocenters. The van der Waals surface area contributed by atoms with Crippen molar-refractivity contribution in [3.63, 3.8) is 0 Å². The number of benzene rings is 1. The highest BCUT2D eigenvalue weighted by Crippen LogP contribution is 2.10. The monoisotopic (exact) mass is 277 g/mol. The second-order valence-corrected chi connectivity index (χ2v) is 3.40. The Bertz CT molecular complexity index is 515. The predicted molar refractivity (Wildman–Crippen MR) is 73.2 cm³/mol. The Morgan fingerprint density at radius 1 is 1.10 bits per heavy atom. The molecule has 0 radical (unpaired) electrons. The van der Waals surface area contributed by atoms with Crippen LogP contribution in [0.15, 0.2) is 42.7 Å². The van der Waals surface area contributed by atoms with Crippen LogP contribution in [-0.2, 0) is 0 Å². The van der Waals surface area contributed by atoms with E-state index in [0.717, 1.165) is 0 Å². The molecule has 7 nitrogen and oxygen atoms in total. The molecule has 0 saturated carbocycles. The number of nitrogens with one attached hydrogen (secondary N) is 1. The molecule has 7 heteroatoms. The Kier molecular flexibility index (Phi) is 6.32. The molecular formula is C13H15N3O4. The molecule has 0 fully saturated rings. The fourth-order valence-electron chi connectivity index (χ4n) is 1.19. The van der Waals surface area contributed by atoms with Crippen LogP contribution in [-0.4, -0.2) is 35.4 Å². The minimum absolute atomic E-state index is 0.506. The van der Waals surface area contributed by atoms with Crippen LogP contribution < -0.4 is 14.8 Å². The summed E-state index contributed by atoms with van der Waals surface area (Å²) in [6.45, 7) is 0. The van der Waals surface area contributed by atoms with Crippen molar-refractivity contribution in [2.75, 3.05) is 19.5 Å². The first-order chi connectivity index (χ1) is 9.65. The number of hydrogen-bond acceptors (Lipinski definition) is 5. The Hall–Kier alpha value is -2.83. The lowest BCUT2D eigenvalue weighted by atomic mass is 10.3. The number of amides is 1. The number of para-hydroxylation sites is 1. The third-order valence-corrected chi connectivity index (χ3v) is 2.06. The summed E-state index contributed by atoms with van der Waals surface area (Å²) in [6, 6.07) is 10.4. The predicted octanol–water partition coefficient (Wildman–Crippen LogP) is 2.27. The number of carboxylic acid groups (broad SMARTS) is 1. The van der Waals surface area contributed by atoms with Crippen molar-refractivity contribution in [2.24, 2.45) is 0 Å². The number of carbonyl (C=O) groups is 1. The number of aromatic nitrogens is 2. The molecular weight excluding hydrogens is 262 g/mol.